The van der Waals surface area contributed by atoms with Gasteiger partial charge < -0.3 is 16.0 Å². The number of fused-ring (bicyclic) bond motifs is 1. The molecule has 0 aliphatic carbocycles. The molecule has 0 fully saturated rings. The molecule has 4 rings (SSSR count). The van der Waals surface area contributed by atoms with Crippen LogP contribution in [0.15, 0.2) is 59.4 Å². The number of carbonyl (C=O) groups is 2. The number of aromatic amines is 1. The standard InChI is InChI=1S/C21H18ClN5O3/c22-13-6-8-14(9-7-13)24-21-26-18-17(20(30)27-21)15(10-16(28)25-18)19(29)23-11-12-4-2-1-3-5-12/h1-9,15H,10-11H2,(H,23,29)(H3,24,25,26,27,28,30)/t15-/m1/s1. The highest BCUT2D eigenvalue weighted by Gasteiger charge is 2.34. The SMILES string of the molecule is O=C1C[C@@H](C(=O)NCc2ccccc2)c2c(nc(Nc3ccc(Cl)cc3)[nH]c2=O)N1. The van der Waals surface area contributed by atoms with Crippen molar-refractivity contribution >= 4 is 40.9 Å². The lowest BCUT2D eigenvalue weighted by Gasteiger charge is -2.23. The van der Waals surface area contributed by atoms with E-state index in [1.54, 1.807) is 24.3 Å². The van der Waals surface area contributed by atoms with Crippen LogP contribution in [0.25, 0.3) is 0 Å². The Morgan fingerprint density at radius 3 is 2.57 bits per heavy atom. The molecule has 4 N–H and O–H groups in total. The number of carbonyl (C=O) groups excluding carboxylic acids is 2. The van der Waals surface area contributed by atoms with Gasteiger partial charge in [-0.15, -0.1) is 0 Å². The van der Waals surface area contributed by atoms with E-state index in [1.165, 1.54) is 0 Å². The van der Waals surface area contributed by atoms with Crippen LogP contribution in [0.3, 0.4) is 0 Å². The largest absolute Gasteiger partial charge is 0.351 e. The summed E-state index contributed by atoms with van der Waals surface area (Å²) in [7, 11) is 0. The van der Waals surface area contributed by atoms with Crippen LogP contribution in [0.4, 0.5) is 17.5 Å². The first-order valence-corrected chi connectivity index (χ1v) is 9.65. The summed E-state index contributed by atoms with van der Waals surface area (Å²) >= 11 is 5.87. The molecule has 1 aromatic heterocycles. The number of nitrogens with one attached hydrogen (secondary N) is 4. The predicted molar refractivity (Wildman–Crippen MR) is 114 cm³/mol. The number of anilines is 3. The number of benzene rings is 2. The minimum atomic E-state index is -0.918. The van der Waals surface area contributed by atoms with Gasteiger partial charge in [0.25, 0.3) is 5.56 Å². The first kappa shape index (κ1) is 19.7. The molecule has 8 nitrogen and oxygen atoms in total. The molecular weight excluding hydrogens is 406 g/mol. The molecule has 1 aliphatic rings. The average molecular weight is 424 g/mol. The van der Waals surface area contributed by atoms with E-state index in [2.05, 4.69) is 25.9 Å². The zero-order valence-corrected chi connectivity index (χ0v) is 16.5. The Kier molecular flexibility index (Phi) is 5.49. The van der Waals surface area contributed by atoms with Crippen molar-refractivity contribution in [3.8, 4) is 0 Å². The summed E-state index contributed by atoms with van der Waals surface area (Å²) < 4.78 is 0. The summed E-state index contributed by atoms with van der Waals surface area (Å²) in [6.07, 6.45) is -0.123. The molecule has 0 bridgehead atoms. The summed E-state index contributed by atoms with van der Waals surface area (Å²) in [4.78, 5) is 44.5. The van der Waals surface area contributed by atoms with Gasteiger partial charge in [-0.05, 0) is 29.8 Å². The van der Waals surface area contributed by atoms with Gasteiger partial charge in [-0.25, -0.2) is 0 Å². The number of halogens is 1. The van der Waals surface area contributed by atoms with E-state index in [1.807, 2.05) is 30.3 Å². The van der Waals surface area contributed by atoms with Gasteiger partial charge in [0.1, 0.15) is 5.82 Å². The maximum atomic E-state index is 12.7. The Bertz CT molecular complexity index is 1150. The van der Waals surface area contributed by atoms with E-state index in [0.717, 1.165) is 5.56 Å². The molecule has 9 heteroatoms. The molecule has 1 atom stereocenters. The average Bonchev–Trinajstić information content (AvgIpc) is 2.73. The smallest absolute Gasteiger partial charge is 0.258 e. The minimum absolute atomic E-state index is 0.0753. The molecule has 2 aromatic carbocycles. The zero-order chi connectivity index (χ0) is 21.1. The number of nitrogens with zero attached hydrogens (tertiary/aromatic N) is 1. The van der Waals surface area contributed by atoms with Crippen molar-refractivity contribution in [1.82, 2.24) is 15.3 Å². The number of hydrogen-bond acceptors (Lipinski definition) is 5. The molecule has 30 heavy (non-hydrogen) atoms. The molecule has 0 unspecified atom stereocenters. The molecule has 1 aliphatic heterocycles. The van der Waals surface area contributed by atoms with Gasteiger partial charge in [0.15, 0.2) is 0 Å². The molecule has 0 saturated heterocycles. The highest BCUT2D eigenvalue weighted by Crippen LogP contribution is 2.29. The third kappa shape index (κ3) is 4.33. The van der Waals surface area contributed by atoms with Gasteiger partial charge in [0, 0.05) is 23.7 Å². The fraction of sp³-hybridized carbons (Fsp3) is 0.143. The third-order valence-corrected chi connectivity index (χ3v) is 4.94. The lowest BCUT2D eigenvalue weighted by atomic mass is 9.92. The van der Waals surface area contributed by atoms with Crippen LogP contribution in [0.2, 0.25) is 5.02 Å². The molecule has 2 heterocycles. The highest BCUT2D eigenvalue weighted by molar-refractivity contribution is 6.30. The number of hydrogen-bond donors (Lipinski definition) is 4. The van der Waals surface area contributed by atoms with E-state index in [4.69, 9.17) is 11.6 Å². The van der Waals surface area contributed by atoms with E-state index in [-0.39, 0.29) is 29.7 Å². The zero-order valence-electron chi connectivity index (χ0n) is 15.7. The number of H-pyrrole nitrogens is 1. The molecule has 3 aromatic rings. The second-order valence-corrected chi connectivity index (χ2v) is 7.25. The Morgan fingerprint density at radius 1 is 1.10 bits per heavy atom. The number of amides is 2. The van der Waals surface area contributed by atoms with Crippen molar-refractivity contribution in [3.63, 3.8) is 0 Å². The molecule has 0 radical (unpaired) electrons. The highest BCUT2D eigenvalue weighted by atomic mass is 35.5. The lowest BCUT2D eigenvalue weighted by Crippen LogP contribution is -2.39. The molecule has 0 spiro atoms. The van der Waals surface area contributed by atoms with E-state index in [9.17, 15) is 14.4 Å². The van der Waals surface area contributed by atoms with Gasteiger partial charge in [0.05, 0.1) is 11.5 Å². The van der Waals surface area contributed by atoms with Crippen molar-refractivity contribution in [2.75, 3.05) is 10.6 Å². The normalized spacial score (nSPS) is 15.1. The van der Waals surface area contributed by atoms with Crippen LogP contribution in [0.5, 0.6) is 0 Å². The van der Waals surface area contributed by atoms with Crippen molar-refractivity contribution < 1.29 is 9.59 Å². The topological polar surface area (TPSA) is 116 Å². The van der Waals surface area contributed by atoms with Crippen LogP contribution in [0.1, 0.15) is 23.5 Å². The number of rotatable bonds is 5. The Hall–Kier alpha value is -3.65. The van der Waals surface area contributed by atoms with Crippen molar-refractivity contribution in [2.45, 2.75) is 18.9 Å². The number of aromatic nitrogens is 2. The quantitative estimate of drug-likeness (QED) is 0.503. The van der Waals surface area contributed by atoms with Crippen molar-refractivity contribution in [3.05, 3.63) is 81.1 Å². The monoisotopic (exact) mass is 423 g/mol. The fourth-order valence-corrected chi connectivity index (χ4v) is 3.36. The maximum Gasteiger partial charge on any atom is 0.258 e. The second-order valence-electron chi connectivity index (χ2n) is 6.82. The third-order valence-electron chi connectivity index (χ3n) is 4.68. The summed E-state index contributed by atoms with van der Waals surface area (Å²) in [5.41, 5.74) is 1.22. The summed E-state index contributed by atoms with van der Waals surface area (Å²) in [5, 5.41) is 8.90. The van der Waals surface area contributed by atoms with Crippen LogP contribution in [0, 0.1) is 0 Å². The first-order valence-electron chi connectivity index (χ1n) is 9.28. The lowest BCUT2D eigenvalue weighted by molar-refractivity contribution is -0.126. The van der Waals surface area contributed by atoms with Gasteiger partial charge in [-0.1, -0.05) is 41.9 Å². The Morgan fingerprint density at radius 2 is 1.83 bits per heavy atom. The fourth-order valence-electron chi connectivity index (χ4n) is 3.23. The van der Waals surface area contributed by atoms with Crippen LogP contribution < -0.4 is 21.5 Å². The van der Waals surface area contributed by atoms with Crippen LogP contribution in [-0.4, -0.2) is 21.8 Å². The molecule has 2 amide bonds. The van der Waals surface area contributed by atoms with Gasteiger partial charge in [0.2, 0.25) is 17.8 Å². The van der Waals surface area contributed by atoms with Gasteiger partial charge >= 0.3 is 0 Å². The minimum Gasteiger partial charge on any atom is -0.351 e. The predicted octanol–water partition coefficient (Wildman–Crippen LogP) is 2.91. The van der Waals surface area contributed by atoms with Crippen LogP contribution >= 0.6 is 11.6 Å². The second kappa shape index (κ2) is 8.38. The van der Waals surface area contributed by atoms with Gasteiger partial charge in [-0.2, -0.15) is 4.98 Å². The first-order chi connectivity index (χ1) is 14.5. The molecular formula is C21H18ClN5O3. The van der Waals surface area contributed by atoms with E-state index >= 15 is 0 Å². The maximum absolute atomic E-state index is 12.7. The van der Waals surface area contributed by atoms with Crippen LogP contribution in [-0.2, 0) is 16.1 Å². The summed E-state index contributed by atoms with van der Waals surface area (Å²) in [5.74, 6) is -1.48. The summed E-state index contributed by atoms with van der Waals surface area (Å²) in [6.45, 7) is 0.300. The molecule has 0 saturated carbocycles. The molecule has 152 valence electrons. The van der Waals surface area contributed by atoms with E-state index in [0.29, 0.717) is 17.3 Å². The van der Waals surface area contributed by atoms with Crippen molar-refractivity contribution in [2.24, 2.45) is 0 Å². The van der Waals surface area contributed by atoms with E-state index < -0.39 is 17.4 Å². The van der Waals surface area contributed by atoms with Crippen molar-refractivity contribution in [1.29, 1.82) is 0 Å². The van der Waals surface area contributed by atoms with Gasteiger partial charge in [-0.3, -0.25) is 19.4 Å². The summed E-state index contributed by atoms with van der Waals surface area (Å²) in [6, 6.07) is 16.2. The Balaban J connectivity index is 1.57. The Labute approximate surface area is 176 Å².